The first-order valence-electron chi connectivity index (χ1n) is 6.49. The zero-order valence-electron chi connectivity index (χ0n) is 11.4. The van der Waals surface area contributed by atoms with Crippen molar-refractivity contribution in [3.63, 3.8) is 0 Å². The molecule has 0 aliphatic carbocycles. The lowest BCUT2D eigenvalue weighted by Gasteiger charge is -2.24. The molecule has 0 heterocycles. The lowest BCUT2D eigenvalue weighted by Crippen LogP contribution is -2.25. The highest BCUT2D eigenvalue weighted by Gasteiger charge is 2.03. The molecule has 2 heteroatoms. The minimum absolute atomic E-state index is 0.826. The molecule has 0 unspecified atom stereocenters. The van der Waals surface area contributed by atoms with E-state index in [1.54, 1.807) is 0 Å². The van der Waals surface area contributed by atoms with E-state index in [0.717, 1.165) is 31.4 Å². The van der Waals surface area contributed by atoms with Crippen LogP contribution in [-0.2, 0) is 0 Å². The molecule has 17 heavy (non-hydrogen) atoms. The number of hydrogen-bond donors (Lipinski definition) is 0. The Morgan fingerprint density at radius 1 is 1.29 bits per heavy atom. The second kappa shape index (κ2) is 10.0. The maximum atomic E-state index is 5.77. The third-order valence-electron chi connectivity index (χ3n) is 2.33. The highest BCUT2D eigenvalue weighted by molar-refractivity contribution is 6.32. The molecule has 0 spiro atoms. The molecule has 1 nitrogen and oxygen atoms in total. The number of benzene rings is 1. The summed E-state index contributed by atoms with van der Waals surface area (Å²) in [5.41, 5.74) is 2.03. The molecule has 0 saturated heterocycles. The van der Waals surface area contributed by atoms with Crippen LogP contribution in [0, 0.1) is 0 Å². The molecular formula is C15H24BN. The highest BCUT2D eigenvalue weighted by atomic mass is 15.1. The summed E-state index contributed by atoms with van der Waals surface area (Å²) in [6, 6.07) is 8.05. The Bertz CT molecular complexity index is 310. The Kier molecular flexibility index (Phi) is 9.32. The van der Waals surface area contributed by atoms with Crippen LogP contribution < -0.4 is 10.4 Å². The predicted molar refractivity (Wildman–Crippen MR) is 80.5 cm³/mol. The Labute approximate surface area is 108 Å². The first kappa shape index (κ1) is 15.8. The largest absolute Gasteiger partial charge is 0.371 e. The standard InChI is InChI=1S/C13H18BN.C2H6/c1-3-5-10-15(9-4-2)13-8-6-7-12(14)11-13;1-2/h3,6-8,11H,1,4-5,9-10H2,2H3;1-2H3. The van der Waals surface area contributed by atoms with Gasteiger partial charge in [0.25, 0.3) is 0 Å². The molecule has 0 fully saturated rings. The molecule has 0 bridgehead atoms. The molecule has 0 atom stereocenters. The summed E-state index contributed by atoms with van der Waals surface area (Å²) in [7, 11) is 5.77. The summed E-state index contributed by atoms with van der Waals surface area (Å²) < 4.78 is 0. The van der Waals surface area contributed by atoms with Crippen LogP contribution in [0.4, 0.5) is 5.69 Å². The summed E-state index contributed by atoms with van der Waals surface area (Å²) >= 11 is 0. The second-order valence-corrected chi connectivity index (χ2v) is 3.66. The van der Waals surface area contributed by atoms with Gasteiger partial charge in [-0.05, 0) is 25.0 Å². The van der Waals surface area contributed by atoms with E-state index < -0.39 is 0 Å². The van der Waals surface area contributed by atoms with Gasteiger partial charge in [0.1, 0.15) is 7.85 Å². The van der Waals surface area contributed by atoms with Gasteiger partial charge in [-0.15, -0.1) is 6.58 Å². The third kappa shape index (κ3) is 6.20. The monoisotopic (exact) mass is 229 g/mol. The summed E-state index contributed by atoms with van der Waals surface area (Å²) in [4.78, 5) is 2.35. The summed E-state index contributed by atoms with van der Waals surface area (Å²) in [5, 5.41) is 0. The van der Waals surface area contributed by atoms with Gasteiger partial charge in [-0.1, -0.05) is 44.4 Å². The van der Waals surface area contributed by atoms with Gasteiger partial charge < -0.3 is 4.90 Å². The van der Waals surface area contributed by atoms with Crippen molar-refractivity contribution in [3.8, 4) is 0 Å². The van der Waals surface area contributed by atoms with Crippen molar-refractivity contribution in [2.24, 2.45) is 0 Å². The number of nitrogens with zero attached hydrogens (tertiary/aromatic N) is 1. The number of anilines is 1. The molecule has 1 aromatic rings. The van der Waals surface area contributed by atoms with E-state index in [2.05, 4.69) is 24.5 Å². The Hall–Kier alpha value is -1.18. The topological polar surface area (TPSA) is 3.24 Å². The fraction of sp³-hybridized carbons (Fsp3) is 0.467. The lowest BCUT2D eigenvalue weighted by molar-refractivity contribution is 0.765. The van der Waals surface area contributed by atoms with Crippen molar-refractivity contribution >= 4 is 19.0 Å². The van der Waals surface area contributed by atoms with Gasteiger partial charge in [0.15, 0.2) is 0 Å². The van der Waals surface area contributed by atoms with Crippen molar-refractivity contribution in [2.75, 3.05) is 18.0 Å². The Morgan fingerprint density at radius 2 is 2.00 bits per heavy atom. The van der Waals surface area contributed by atoms with Crippen LogP contribution in [0.25, 0.3) is 0 Å². The molecular weight excluding hydrogens is 205 g/mol. The number of hydrogen-bond acceptors (Lipinski definition) is 1. The van der Waals surface area contributed by atoms with Crippen molar-refractivity contribution in [1.82, 2.24) is 0 Å². The summed E-state index contributed by atoms with van der Waals surface area (Å²) in [6.07, 6.45) is 4.11. The average molecular weight is 229 g/mol. The highest BCUT2D eigenvalue weighted by Crippen LogP contribution is 2.12. The Morgan fingerprint density at radius 3 is 2.53 bits per heavy atom. The van der Waals surface area contributed by atoms with Gasteiger partial charge in [-0.2, -0.15) is 0 Å². The van der Waals surface area contributed by atoms with Crippen LogP contribution >= 0.6 is 0 Å². The normalized spacial score (nSPS) is 9.12. The first-order valence-corrected chi connectivity index (χ1v) is 6.49. The van der Waals surface area contributed by atoms with Crippen LogP contribution in [-0.4, -0.2) is 20.9 Å². The first-order chi connectivity index (χ1) is 8.27. The van der Waals surface area contributed by atoms with Gasteiger partial charge in [0.2, 0.25) is 0 Å². The molecule has 0 amide bonds. The molecule has 2 radical (unpaired) electrons. The molecule has 92 valence electrons. The predicted octanol–water partition coefficient (Wildman–Crippen LogP) is 3.30. The van der Waals surface area contributed by atoms with Gasteiger partial charge in [-0.25, -0.2) is 0 Å². The van der Waals surface area contributed by atoms with E-state index in [1.807, 2.05) is 38.1 Å². The van der Waals surface area contributed by atoms with E-state index >= 15 is 0 Å². The van der Waals surface area contributed by atoms with Crippen molar-refractivity contribution in [2.45, 2.75) is 33.6 Å². The van der Waals surface area contributed by atoms with Crippen molar-refractivity contribution in [3.05, 3.63) is 36.9 Å². The molecule has 1 rings (SSSR count). The zero-order valence-corrected chi connectivity index (χ0v) is 11.4. The Balaban J connectivity index is 0.00000121. The minimum atomic E-state index is 0.826. The van der Waals surface area contributed by atoms with Gasteiger partial charge in [0, 0.05) is 18.8 Å². The molecule has 0 aliphatic heterocycles. The summed E-state index contributed by atoms with van der Waals surface area (Å²) in [6.45, 7) is 12.0. The molecule has 0 aliphatic rings. The fourth-order valence-corrected chi connectivity index (χ4v) is 1.61. The third-order valence-corrected chi connectivity index (χ3v) is 2.33. The second-order valence-electron chi connectivity index (χ2n) is 3.66. The fourth-order valence-electron chi connectivity index (χ4n) is 1.61. The van der Waals surface area contributed by atoms with Gasteiger partial charge in [0.05, 0.1) is 0 Å². The van der Waals surface area contributed by atoms with E-state index in [9.17, 15) is 0 Å². The van der Waals surface area contributed by atoms with E-state index in [4.69, 9.17) is 7.85 Å². The summed E-state index contributed by atoms with van der Waals surface area (Å²) in [5.74, 6) is 0. The van der Waals surface area contributed by atoms with Crippen LogP contribution in [0.2, 0.25) is 0 Å². The van der Waals surface area contributed by atoms with Crippen molar-refractivity contribution in [1.29, 1.82) is 0 Å². The van der Waals surface area contributed by atoms with E-state index in [1.165, 1.54) is 5.69 Å². The van der Waals surface area contributed by atoms with Crippen LogP contribution in [0.1, 0.15) is 33.6 Å². The van der Waals surface area contributed by atoms with Gasteiger partial charge >= 0.3 is 0 Å². The molecule has 0 aromatic heterocycles. The van der Waals surface area contributed by atoms with Crippen LogP contribution in [0.3, 0.4) is 0 Å². The SMILES string of the molecule is CC.[B]c1cccc(N(CCC)CCC=C)c1. The van der Waals surface area contributed by atoms with Crippen LogP contribution in [0.5, 0.6) is 0 Å². The average Bonchev–Trinajstić information content (AvgIpc) is 2.37. The molecule has 0 N–H and O–H groups in total. The van der Waals surface area contributed by atoms with Gasteiger partial charge in [-0.3, -0.25) is 0 Å². The maximum Gasteiger partial charge on any atom is 0.113 e. The quantitative estimate of drug-likeness (QED) is 0.534. The zero-order chi connectivity index (χ0) is 13.1. The minimum Gasteiger partial charge on any atom is -0.371 e. The van der Waals surface area contributed by atoms with Crippen molar-refractivity contribution < 1.29 is 0 Å². The molecule has 1 aromatic carbocycles. The maximum absolute atomic E-state index is 5.77. The smallest absolute Gasteiger partial charge is 0.113 e. The van der Waals surface area contributed by atoms with E-state index in [0.29, 0.717) is 0 Å². The lowest BCUT2D eigenvalue weighted by atomic mass is 9.96. The van der Waals surface area contributed by atoms with Crippen LogP contribution in [0.15, 0.2) is 36.9 Å². The van der Waals surface area contributed by atoms with E-state index in [-0.39, 0.29) is 0 Å². The molecule has 0 saturated carbocycles. The number of rotatable bonds is 6.